The van der Waals surface area contributed by atoms with Crippen molar-refractivity contribution < 1.29 is 9.15 Å². The highest BCUT2D eigenvalue weighted by molar-refractivity contribution is 5.14. The Balaban J connectivity index is 1.49. The second-order valence-corrected chi connectivity index (χ2v) is 5.47. The predicted molar refractivity (Wildman–Crippen MR) is 78.8 cm³/mol. The van der Waals surface area contributed by atoms with Crippen molar-refractivity contribution in [3.63, 3.8) is 0 Å². The van der Waals surface area contributed by atoms with Crippen molar-refractivity contribution >= 4 is 0 Å². The van der Waals surface area contributed by atoms with E-state index in [0.29, 0.717) is 18.3 Å². The summed E-state index contributed by atoms with van der Waals surface area (Å²) < 4.78 is 11.3. The van der Waals surface area contributed by atoms with Gasteiger partial charge in [-0.25, -0.2) is 0 Å². The fraction of sp³-hybridized carbons (Fsp3) is 0.500. The quantitative estimate of drug-likeness (QED) is 0.844. The van der Waals surface area contributed by atoms with Crippen molar-refractivity contribution in [1.82, 2.24) is 15.1 Å². The highest BCUT2D eigenvalue weighted by Crippen LogP contribution is 2.14. The van der Waals surface area contributed by atoms with Gasteiger partial charge in [-0.15, -0.1) is 10.2 Å². The van der Waals surface area contributed by atoms with Gasteiger partial charge in [0.15, 0.2) is 0 Å². The topological polar surface area (TPSA) is 51.4 Å². The van der Waals surface area contributed by atoms with Crippen LogP contribution in [0.2, 0.25) is 0 Å². The predicted octanol–water partition coefficient (Wildman–Crippen LogP) is 2.21. The fourth-order valence-corrected chi connectivity index (χ4v) is 2.66. The lowest BCUT2D eigenvalue weighted by Crippen LogP contribution is -2.42. The SMILES string of the molecule is Cc1nnc(CN2CCOC(CCc3ccccc3)C2)o1. The number of morpholine rings is 1. The molecule has 1 aliphatic rings. The van der Waals surface area contributed by atoms with E-state index in [2.05, 4.69) is 45.4 Å². The lowest BCUT2D eigenvalue weighted by Gasteiger charge is -2.32. The molecule has 1 atom stereocenters. The average Bonchev–Trinajstić information content (AvgIpc) is 2.92. The van der Waals surface area contributed by atoms with Crippen LogP contribution in [0, 0.1) is 6.92 Å². The maximum Gasteiger partial charge on any atom is 0.230 e. The van der Waals surface area contributed by atoms with Gasteiger partial charge in [0.25, 0.3) is 0 Å². The van der Waals surface area contributed by atoms with E-state index in [-0.39, 0.29) is 6.10 Å². The van der Waals surface area contributed by atoms with Gasteiger partial charge in [0.1, 0.15) is 0 Å². The van der Waals surface area contributed by atoms with Crippen LogP contribution in [0.4, 0.5) is 0 Å². The minimum absolute atomic E-state index is 0.281. The third-order valence-electron chi connectivity index (χ3n) is 3.75. The molecular formula is C16H21N3O2. The summed E-state index contributed by atoms with van der Waals surface area (Å²) >= 11 is 0. The molecule has 0 spiro atoms. The molecule has 2 aromatic rings. The minimum atomic E-state index is 0.281. The lowest BCUT2D eigenvalue weighted by atomic mass is 10.1. The molecule has 0 N–H and O–H groups in total. The van der Waals surface area contributed by atoms with Crippen molar-refractivity contribution in [3.05, 3.63) is 47.7 Å². The van der Waals surface area contributed by atoms with E-state index in [1.54, 1.807) is 0 Å². The van der Waals surface area contributed by atoms with Gasteiger partial charge in [-0.05, 0) is 18.4 Å². The summed E-state index contributed by atoms with van der Waals surface area (Å²) in [4.78, 5) is 2.33. The first-order valence-corrected chi connectivity index (χ1v) is 7.46. The first kappa shape index (κ1) is 14.2. The lowest BCUT2D eigenvalue weighted by molar-refractivity contribution is -0.0367. The maximum absolute atomic E-state index is 5.86. The standard InChI is InChI=1S/C16H21N3O2/c1-13-17-18-16(21-13)12-19-9-10-20-15(11-19)8-7-14-5-3-2-4-6-14/h2-6,15H,7-12H2,1H3. The molecule has 3 rings (SSSR count). The summed E-state index contributed by atoms with van der Waals surface area (Å²) in [6.45, 7) is 5.15. The van der Waals surface area contributed by atoms with Gasteiger partial charge in [-0.1, -0.05) is 30.3 Å². The molecule has 1 unspecified atom stereocenters. The van der Waals surface area contributed by atoms with Crippen LogP contribution in [0.25, 0.3) is 0 Å². The Kier molecular flexibility index (Phi) is 4.62. The number of nitrogens with zero attached hydrogens (tertiary/aromatic N) is 3. The van der Waals surface area contributed by atoms with E-state index in [0.717, 1.165) is 32.5 Å². The molecule has 0 radical (unpaired) electrons. The van der Waals surface area contributed by atoms with Gasteiger partial charge in [0.2, 0.25) is 11.8 Å². The van der Waals surface area contributed by atoms with Crippen molar-refractivity contribution in [2.75, 3.05) is 19.7 Å². The Bertz CT molecular complexity index is 556. The van der Waals surface area contributed by atoms with Gasteiger partial charge in [0, 0.05) is 20.0 Å². The Morgan fingerprint density at radius 2 is 2.10 bits per heavy atom. The third-order valence-corrected chi connectivity index (χ3v) is 3.75. The zero-order chi connectivity index (χ0) is 14.5. The molecule has 0 amide bonds. The zero-order valence-corrected chi connectivity index (χ0v) is 12.4. The van der Waals surface area contributed by atoms with Crippen LogP contribution in [0.5, 0.6) is 0 Å². The number of aromatic nitrogens is 2. The molecule has 1 aliphatic heterocycles. The third kappa shape index (κ3) is 4.12. The molecule has 1 fully saturated rings. The van der Waals surface area contributed by atoms with Crippen LogP contribution in [0.1, 0.15) is 23.8 Å². The zero-order valence-electron chi connectivity index (χ0n) is 12.4. The summed E-state index contributed by atoms with van der Waals surface area (Å²) in [5, 5.41) is 7.93. The molecule has 1 saturated heterocycles. The van der Waals surface area contributed by atoms with Crippen LogP contribution in [-0.4, -0.2) is 40.9 Å². The van der Waals surface area contributed by atoms with E-state index in [9.17, 15) is 0 Å². The van der Waals surface area contributed by atoms with E-state index < -0.39 is 0 Å². The average molecular weight is 287 g/mol. The summed E-state index contributed by atoms with van der Waals surface area (Å²) in [5.41, 5.74) is 1.37. The van der Waals surface area contributed by atoms with Crippen molar-refractivity contribution in [2.24, 2.45) is 0 Å². The summed E-state index contributed by atoms with van der Waals surface area (Å²) in [5.74, 6) is 1.31. The summed E-state index contributed by atoms with van der Waals surface area (Å²) in [6.07, 6.45) is 2.38. The first-order valence-electron chi connectivity index (χ1n) is 7.46. The molecule has 0 saturated carbocycles. The number of ether oxygens (including phenoxy) is 1. The number of rotatable bonds is 5. The van der Waals surface area contributed by atoms with Gasteiger partial charge in [-0.2, -0.15) is 0 Å². The Hall–Kier alpha value is -1.72. The van der Waals surface area contributed by atoms with Crippen LogP contribution < -0.4 is 0 Å². The van der Waals surface area contributed by atoms with Gasteiger partial charge in [0.05, 0.1) is 19.3 Å². The van der Waals surface area contributed by atoms with Crippen molar-refractivity contribution in [3.8, 4) is 0 Å². The fourth-order valence-electron chi connectivity index (χ4n) is 2.66. The Morgan fingerprint density at radius 1 is 1.24 bits per heavy atom. The van der Waals surface area contributed by atoms with E-state index in [4.69, 9.17) is 9.15 Å². The number of benzene rings is 1. The van der Waals surface area contributed by atoms with Crippen LogP contribution >= 0.6 is 0 Å². The monoisotopic (exact) mass is 287 g/mol. The van der Waals surface area contributed by atoms with Crippen LogP contribution in [0.3, 0.4) is 0 Å². The molecule has 5 nitrogen and oxygen atoms in total. The van der Waals surface area contributed by atoms with Crippen molar-refractivity contribution in [1.29, 1.82) is 0 Å². The molecule has 0 bridgehead atoms. The second-order valence-electron chi connectivity index (χ2n) is 5.47. The van der Waals surface area contributed by atoms with E-state index in [1.165, 1.54) is 5.56 Å². The molecule has 21 heavy (non-hydrogen) atoms. The molecule has 1 aromatic heterocycles. The highest BCUT2D eigenvalue weighted by Gasteiger charge is 2.21. The number of hydrogen-bond donors (Lipinski definition) is 0. The molecular weight excluding hydrogens is 266 g/mol. The molecule has 0 aliphatic carbocycles. The summed E-state index contributed by atoms with van der Waals surface area (Å²) in [7, 11) is 0. The molecule has 2 heterocycles. The minimum Gasteiger partial charge on any atom is -0.424 e. The molecule has 112 valence electrons. The van der Waals surface area contributed by atoms with Crippen molar-refractivity contribution in [2.45, 2.75) is 32.4 Å². The largest absolute Gasteiger partial charge is 0.424 e. The van der Waals surface area contributed by atoms with Gasteiger partial charge in [-0.3, -0.25) is 4.90 Å². The van der Waals surface area contributed by atoms with E-state index >= 15 is 0 Å². The first-order chi connectivity index (χ1) is 10.3. The van der Waals surface area contributed by atoms with Gasteiger partial charge < -0.3 is 9.15 Å². The molecule has 1 aromatic carbocycles. The smallest absolute Gasteiger partial charge is 0.230 e. The van der Waals surface area contributed by atoms with Crippen LogP contribution in [-0.2, 0) is 17.7 Å². The Morgan fingerprint density at radius 3 is 2.86 bits per heavy atom. The Labute approximate surface area is 124 Å². The molecule has 5 heteroatoms. The number of aryl methyl sites for hydroxylation is 2. The maximum atomic E-state index is 5.86. The highest BCUT2D eigenvalue weighted by atomic mass is 16.5. The normalized spacial score (nSPS) is 19.8. The summed E-state index contributed by atoms with van der Waals surface area (Å²) in [6, 6.07) is 10.6. The van der Waals surface area contributed by atoms with Gasteiger partial charge >= 0.3 is 0 Å². The van der Waals surface area contributed by atoms with Crippen LogP contribution in [0.15, 0.2) is 34.7 Å². The van der Waals surface area contributed by atoms with E-state index in [1.807, 2.05) is 6.92 Å². The number of hydrogen-bond acceptors (Lipinski definition) is 5. The second kappa shape index (κ2) is 6.83.